The number of carbonyl (C=O) groups excluding carboxylic acids is 2. The second-order valence-corrected chi connectivity index (χ2v) is 11.9. The maximum Gasteiger partial charge on any atom is 0.508 e. The highest BCUT2D eigenvalue weighted by atomic mass is 79.9. The Labute approximate surface area is 236 Å². The summed E-state index contributed by atoms with van der Waals surface area (Å²) in [5.74, 6) is 0.335. The maximum absolute atomic E-state index is 13.4. The Bertz CT molecular complexity index is 1310. The molecule has 12 heteroatoms. The Kier molecular flexibility index (Phi) is 8.36. The van der Waals surface area contributed by atoms with Gasteiger partial charge in [-0.1, -0.05) is 0 Å². The smallest absolute Gasteiger partial charge is 0.443 e. The fourth-order valence-corrected chi connectivity index (χ4v) is 4.35. The third-order valence-corrected chi connectivity index (χ3v) is 5.89. The first-order chi connectivity index (χ1) is 18.3. The van der Waals surface area contributed by atoms with E-state index in [1.807, 2.05) is 45.0 Å². The van der Waals surface area contributed by atoms with E-state index >= 15 is 0 Å². The molecule has 0 spiro atoms. The van der Waals surface area contributed by atoms with Gasteiger partial charge >= 0.3 is 12.2 Å². The standard InChI is InChI=1S/C27H34BrN5O6/c1-26(2,3)38-24(34)33(23-22-29-11-12-32(22)16-21(28)30-23)19-9-7-18(8-10-19)31-13-14-36-20(15-31)17-37-25(35)39-27(4,5)6/h7-12,16,20H,13-15,17H2,1-6H3/t20-/m1/s1. The summed E-state index contributed by atoms with van der Waals surface area (Å²) in [6.45, 7) is 12.5. The Morgan fingerprint density at radius 1 is 1.10 bits per heavy atom. The SMILES string of the molecule is CC(C)(C)OC(=O)OC[C@H]1CN(c2ccc(N(C(=O)OC(C)(C)C)c3nc(Br)cn4ccnc34)cc2)CCO1. The first kappa shape index (κ1) is 28.6. The van der Waals surface area contributed by atoms with Gasteiger partial charge in [0.25, 0.3) is 0 Å². The molecule has 1 aliphatic heterocycles. The predicted molar refractivity (Wildman–Crippen MR) is 150 cm³/mol. The van der Waals surface area contributed by atoms with Gasteiger partial charge in [-0.3, -0.25) is 0 Å². The number of fused-ring (bicyclic) bond motifs is 1. The third-order valence-electron chi connectivity index (χ3n) is 5.50. The number of morpholine rings is 1. The van der Waals surface area contributed by atoms with E-state index < -0.39 is 23.5 Å². The number of carbonyl (C=O) groups is 2. The topological polar surface area (TPSA) is 108 Å². The van der Waals surface area contributed by atoms with E-state index in [1.165, 1.54) is 4.90 Å². The zero-order valence-corrected chi connectivity index (χ0v) is 24.6. The van der Waals surface area contributed by atoms with Crippen LogP contribution in [0, 0.1) is 0 Å². The maximum atomic E-state index is 13.4. The summed E-state index contributed by atoms with van der Waals surface area (Å²) in [5.41, 5.74) is 0.675. The number of benzene rings is 1. The van der Waals surface area contributed by atoms with Gasteiger partial charge in [-0.25, -0.2) is 24.5 Å². The van der Waals surface area contributed by atoms with Gasteiger partial charge in [0.2, 0.25) is 0 Å². The molecule has 0 bridgehead atoms. The van der Waals surface area contributed by atoms with Crippen LogP contribution < -0.4 is 9.80 Å². The molecular formula is C27H34BrN5O6. The van der Waals surface area contributed by atoms with Gasteiger partial charge in [0.05, 0.1) is 12.3 Å². The second-order valence-electron chi connectivity index (χ2n) is 11.1. The molecule has 0 saturated carbocycles. The van der Waals surface area contributed by atoms with Crippen LogP contribution in [0.25, 0.3) is 5.65 Å². The number of imidazole rings is 1. The molecule has 1 aromatic carbocycles. The summed E-state index contributed by atoms with van der Waals surface area (Å²) >= 11 is 3.43. The molecule has 39 heavy (non-hydrogen) atoms. The van der Waals surface area contributed by atoms with Gasteiger partial charge in [-0.15, -0.1) is 0 Å². The Morgan fingerprint density at radius 3 is 2.46 bits per heavy atom. The van der Waals surface area contributed by atoms with Crippen molar-refractivity contribution in [2.45, 2.75) is 58.8 Å². The van der Waals surface area contributed by atoms with Gasteiger partial charge < -0.3 is 28.2 Å². The minimum absolute atomic E-state index is 0.0881. The quantitative estimate of drug-likeness (QED) is 0.338. The van der Waals surface area contributed by atoms with Crippen molar-refractivity contribution in [2.75, 3.05) is 36.1 Å². The van der Waals surface area contributed by atoms with Crippen molar-refractivity contribution in [3.63, 3.8) is 0 Å². The number of rotatable bonds is 5. The molecule has 4 rings (SSSR count). The van der Waals surface area contributed by atoms with Crippen LogP contribution in [0.2, 0.25) is 0 Å². The van der Waals surface area contributed by atoms with Crippen molar-refractivity contribution < 1.29 is 28.5 Å². The zero-order valence-electron chi connectivity index (χ0n) is 23.0. The van der Waals surface area contributed by atoms with E-state index in [0.29, 0.717) is 41.5 Å². The predicted octanol–water partition coefficient (Wildman–Crippen LogP) is 5.72. The van der Waals surface area contributed by atoms with E-state index in [0.717, 1.165) is 5.69 Å². The van der Waals surface area contributed by atoms with Crippen molar-refractivity contribution in [3.8, 4) is 0 Å². The van der Waals surface area contributed by atoms with Gasteiger partial charge in [-0.05, 0) is 81.7 Å². The van der Waals surface area contributed by atoms with Gasteiger partial charge in [-0.2, -0.15) is 0 Å². The monoisotopic (exact) mass is 603 g/mol. The number of hydrogen-bond acceptors (Lipinski definition) is 9. The molecular weight excluding hydrogens is 570 g/mol. The average Bonchev–Trinajstić information content (AvgIpc) is 3.30. The molecule has 0 unspecified atom stereocenters. The number of nitrogens with zero attached hydrogens (tertiary/aromatic N) is 5. The molecule has 1 amide bonds. The number of halogens is 1. The minimum Gasteiger partial charge on any atom is -0.443 e. The largest absolute Gasteiger partial charge is 0.508 e. The Morgan fingerprint density at radius 2 is 1.79 bits per heavy atom. The summed E-state index contributed by atoms with van der Waals surface area (Å²) in [5, 5.41) is 0. The molecule has 210 valence electrons. The third kappa shape index (κ3) is 7.60. The molecule has 0 N–H and O–H groups in total. The van der Waals surface area contributed by atoms with Crippen LogP contribution in [-0.2, 0) is 18.9 Å². The van der Waals surface area contributed by atoms with Crippen LogP contribution >= 0.6 is 15.9 Å². The fraction of sp³-hybridized carbons (Fsp3) is 0.481. The minimum atomic E-state index is -0.720. The van der Waals surface area contributed by atoms with Crippen molar-refractivity contribution >= 4 is 51.0 Å². The van der Waals surface area contributed by atoms with Crippen molar-refractivity contribution in [3.05, 3.63) is 47.5 Å². The first-order valence-corrected chi connectivity index (χ1v) is 13.4. The molecule has 0 radical (unpaired) electrons. The lowest BCUT2D eigenvalue weighted by atomic mass is 10.2. The first-order valence-electron chi connectivity index (χ1n) is 12.6. The van der Waals surface area contributed by atoms with E-state index in [1.54, 1.807) is 43.8 Å². The van der Waals surface area contributed by atoms with Crippen LogP contribution in [0.3, 0.4) is 0 Å². The number of aromatic nitrogens is 3. The Hall–Kier alpha value is -3.38. The van der Waals surface area contributed by atoms with Gasteiger partial charge in [0.1, 0.15) is 28.5 Å². The van der Waals surface area contributed by atoms with Crippen molar-refractivity contribution in [2.24, 2.45) is 0 Å². The molecule has 1 fully saturated rings. The molecule has 11 nitrogen and oxygen atoms in total. The molecule has 0 aliphatic carbocycles. The second kappa shape index (κ2) is 11.4. The lowest BCUT2D eigenvalue weighted by molar-refractivity contribution is -0.0447. The van der Waals surface area contributed by atoms with Crippen LogP contribution in [0.15, 0.2) is 47.5 Å². The van der Waals surface area contributed by atoms with Crippen LogP contribution in [0.5, 0.6) is 0 Å². The fourth-order valence-electron chi connectivity index (χ4n) is 3.96. The highest BCUT2D eigenvalue weighted by Crippen LogP contribution is 2.32. The molecule has 1 aliphatic rings. The number of ether oxygens (including phenoxy) is 4. The average molecular weight is 605 g/mol. The Balaban J connectivity index is 1.54. The number of hydrogen-bond donors (Lipinski definition) is 0. The van der Waals surface area contributed by atoms with Gasteiger partial charge in [0, 0.05) is 37.4 Å². The number of anilines is 3. The summed E-state index contributed by atoms with van der Waals surface area (Å²) in [7, 11) is 0. The molecule has 2 aromatic heterocycles. The van der Waals surface area contributed by atoms with Gasteiger partial charge in [0.15, 0.2) is 11.5 Å². The van der Waals surface area contributed by atoms with Crippen LogP contribution in [0.1, 0.15) is 41.5 Å². The van der Waals surface area contributed by atoms with E-state index in [4.69, 9.17) is 18.9 Å². The molecule has 1 saturated heterocycles. The highest BCUT2D eigenvalue weighted by Gasteiger charge is 2.29. The normalized spacial score (nSPS) is 16.2. The molecule has 3 aromatic rings. The summed E-state index contributed by atoms with van der Waals surface area (Å²) in [4.78, 5) is 37.9. The molecule has 3 heterocycles. The van der Waals surface area contributed by atoms with E-state index in [-0.39, 0.29) is 12.7 Å². The summed E-state index contributed by atoms with van der Waals surface area (Å²) in [6.07, 6.45) is 3.60. The number of amides is 1. The summed E-state index contributed by atoms with van der Waals surface area (Å²) in [6, 6.07) is 7.51. The summed E-state index contributed by atoms with van der Waals surface area (Å²) < 4.78 is 24.3. The van der Waals surface area contributed by atoms with Crippen LogP contribution in [-0.4, -0.2) is 70.2 Å². The van der Waals surface area contributed by atoms with E-state index in [9.17, 15) is 9.59 Å². The highest BCUT2D eigenvalue weighted by molar-refractivity contribution is 9.10. The van der Waals surface area contributed by atoms with Crippen LogP contribution in [0.4, 0.5) is 26.8 Å². The lowest BCUT2D eigenvalue weighted by Gasteiger charge is -2.34. The van der Waals surface area contributed by atoms with Crippen molar-refractivity contribution in [1.82, 2.24) is 14.4 Å². The molecule has 1 atom stereocenters. The zero-order chi connectivity index (χ0) is 28.4. The van der Waals surface area contributed by atoms with E-state index in [2.05, 4.69) is 30.8 Å². The van der Waals surface area contributed by atoms with Crippen molar-refractivity contribution in [1.29, 1.82) is 0 Å². The lowest BCUT2D eigenvalue weighted by Crippen LogP contribution is -2.45.